The van der Waals surface area contributed by atoms with Crippen molar-refractivity contribution in [3.8, 4) is 5.75 Å². The topological polar surface area (TPSA) is 79.1 Å². The van der Waals surface area contributed by atoms with E-state index in [9.17, 15) is 18.0 Å². The summed E-state index contributed by atoms with van der Waals surface area (Å²) in [5, 5.41) is 3.91. The molecule has 0 aliphatic heterocycles. The summed E-state index contributed by atoms with van der Waals surface area (Å²) in [7, 11) is 1.51. The zero-order valence-electron chi connectivity index (χ0n) is 16.6. The van der Waals surface area contributed by atoms with Crippen LogP contribution in [0.25, 0.3) is 0 Å². The summed E-state index contributed by atoms with van der Waals surface area (Å²) < 4.78 is 51.6. The Morgan fingerprint density at radius 1 is 1.19 bits per heavy atom. The van der Waals surface area contributed by atoms with Gasteiger partial charge in [-0.25, -0.2) is 9.97 Å². The van der Waals surface area contributed by atoms with Crippen molar-refractivity contribution in [1.29, 1.82) is 0 Å². The lowest BCUT2D eigenvalue weighted by molar-refractivity contribution is -0.144. The van der Waals surface area contributed by atoms with Crippen molar-refractivity contribution in [2.45, 2.75) is 25.6 Å². The summed E-state index contributed by atoms with van der Waals surface area (Å²) in [5.74, 6) is -1.57. The van der Waals surface area contributed by atoms with E-state index in [2.05, 4.69) is 15.1 Å². The zero-order chi connectivity index (χ0) is 22.6. The first-order chi connectivity index (χ1) is 14.7. The Labute approximate surface area is 180 Å². The van der Waals surface area contributed by atoms with Crippen LogP contribution in [0.1, 0.15) is 35.6 Å². The number of carbonyl (C=O) groups excluding carboxylic acids is 1. The number of hydrogen-bond donors (Lipinski definition) is 0. The molecule has 1 unspecified atom stereocenters. The van der Waals surface area contributed by atoms with Gasteiger partial charge < -0.3 is 9.47 Å². The highest BCUT2D eigenvalue weighted by Gasteiger charge is 2.38. The maximum Gasteiger partial charge on any atom is 0.435 e. The van der Waals surface area contributed by atoms with E-state index in [0.29, 0.717) is 11.3 Å². The van der Waals surface area contributed by atoms with Gasteiger partial charge in [0.25, 0.3) is 0 Å². The molecule has 0 N–H and O–H groups in total. The number of esters is 1. The highest BCUT2D eigenvalue weighted by Crippen LogP contribution is 2.33. The minimum atomic E-state index is -4.71. The van der Waals surface area contributed by atoms with Crippen LogP contribution in [0.3, 0.4) is 0 Å². The molecule has 0 saturated heterocycles. The summed E-state index contributed by atoms with van der Waals surface area (Å²) in [5.41, 5.74) is -0.540. The third-order valence-electron chi connectivity index (χ3n) is 4.31. The predicted octanol–water partition coefficient (Wildman–Crippen LogP) is 4.10. The molecular weight excluding hydrogens is 437 g/mol. The van der Waals surface area contributed by atoms with Gasteiger partial charge in [-0.15, -0.1) is 0 Å². The molecule has 1 atom stereocenters. The highest BCUT2D eigenvalue weighted by atomic mass is 35.5. The lowest BCUT2D eigenvalue weighted by Gasteiger charge is -2.16. The first-order valence-corrected chi connectivity index (χ1v) is 9.52. The summed E-state index contributed by atoms with van der Waals surface area (Å²) in [6.45, 7) is 1.59. The molecule has 0 fully saturated rings. The Hall–Kier alpha value is -3.14. The quantitative estimate of drug-likeness (QED) is 0.500. The molecule has 0 radical (unpaired) electrons. The SMILES string of the molecule is CCOC(=O)C(c1ncc(Cl)cn1)c1cc(C(F)(F)F)nn1Cc1ccc(OC)cc1. The van der Waals surface area contributed by atoms with E-state index in [4.69, 9.17) is 21.1 Å². The third-order valence-corrected chi connectivity index (χ3v) is 4.50. The molecule has 2 aromatic heterocycles. The number of halogens is 4. The monoisotopic (exact) mass is 454 g/mol. The van der Waals surface area contributed by atoms with Crippen molar-refractivity contribution in [1.82, 2.24) is 19.7 Å². The first-order valence-electron chi connectivity index (χ1n) is 9.15. The average Bonchev–Trinajstić information content (AvgIpc) is 3.14. The van der Waals surface area contributed by atoms with Crippen LogP contribution in [-0.4, -0.2) is 39.4 Å². The van der Waals surface area contributed by atoms with Crippen LogP contribution >= 0.6 is 11.6 Å². The molecule has 0 bridgehead atoms. The van der Waals surface area contributed by atoms with Crippen molar-refractivity contribution >= 4 is 17.6 Å². The molecule has 7 nitrogen and oxygen atoms in total. The molecular formula is C20H18ClF3N4O3. The summed E-state index contributed by atoms with van der Waals surface area (Å²) in [4.78, 5) is 20.7. The fraction of sp³-hybridized carbons (Fsp3) is 0.300. The molecule has 3 aromatic rings. The molecule has 0 spiro atoms. The molecule has 1 aromatic carbocycles. The third kappa shape index (κ3) is 5.32. The molecule has 0 saturated carbocycles. The molecule has 3 rings (SSSR count). The van der Waals surface area contributed by atoms with Crippen LogP contribution in [0.5, 0.6) is 5.75 Å². The van der Waals surface area contributed by atoms with Gasteiger partial charge >= 0.3 is 12.1 Å². The molecule has 11 heteroatoms. The standard InChI is InChI=1S/C20H18ClF3N4O3/c1-3-31-19(29)17(18-25-9-13(21)10-26-18)15-8-16(20(22,23)24)27-28(15)11-12-4-6-14(30-2)7-5-12/h4-10,17H,3,11H2,1-2H3. The van der Waals surface area contributed by atoms with Crippen LogP contribution in [0, 0.1) is 0 Å². The summed E-state index contributed by atoms with van der Waals surface area (Å²) in [6, 6.07) is 7.54. The minimum absolute atomic E-state index is 0.0289. The van der Waals surface area contributed by atoms with Crippen LogP contribution < -0.4 is 4.74 Å². The van der Waals surface area contributed by atoms with Gasteiger partial charge in [-0.1, -0.05) is 23.7 Å². The molecule has 0 aliphatic rings. The van der Waals surface area contributed by atoms with Gasteiger partial charge in [-0.3, -0.25) is 9.48 Å². The first kappa shape index (κ1) is 22.5. The lowest BCUT2D eigenvalue weighted by Crippen LogP contribution is -2.23. The summed E-state index contributed by atoms with van der Waals surface area (Å²) >= 11 is 5.81. The largest absolute Gasteiger partial charge is 0.497 e. The van der Waals surface area contributed by atoms with Gasteiger partial charge in [0, 0.05) is 12.4 Å². The van der Waals surface area contributed by atoms with Gasteiger partial charge in [0.05, 0.1) is 31.0 Å². The van der Waals surface area contributed by atoms with Gasteiger partial charge in [0.15, 0.2) is 11.6 Å². The van der Waals surface area contributed by atoms with E-state index in [1.165, 1.54) is 19.5 Å². The van der Waals surface area contributed by atoms with Crippen molar-refractivity contribution < 1.29 is 27.4 Å². The van der Waals surface area contributed by atoms with E-state index in [-0.39, 0.29) is 29.7 Å². The van der Waals surface area contributed by atoms with E-state index in [0.717, 1.165) is 10.7 Å². The van der Waals surface area contributed by atoms with Crippen LogP contribution in [-0.2, 0) is 22.3 Å². The van der Waals surface area contributed by atoms with Crippen molar-refractivity contribution in [3.63, 3.8) is 0 Å². The van der Waals surface area contributed by atoms with Crippen molar-refractivity contribution in [2.75, 3.05) is 13.7 Å². The molecule has 2 heterocycles. The van der Waals surface area contributed by atoms with Crippen molar-refractivity contribution in [2.24, 2.45) is 0 Å². The number of carbonyl (C=O) groups is 1. The van der Waals surface area contributed by atoms with E-state index >= 15 is 0 Å². The van der Waals surface area contributed by atoms with E-state index < -0.39 is 23.8 Å². The Morgan fingerprint density at radius 3 is 2.39 bits per heavy atom. The number of methoxy groups -OCH3 is 1. The number of alkyl halides is 3. The molecule has 164 valence electrons. The van der Waals surface area contributed by atoms with Crippen molar-refractivity contribution in [3.05, 3.63) is 70.5 Å². The number of hydrogen-bond acceptors (Lipinski definition) is 6. The lowest BCUT2D eigenvalue weighted by atomic mass is 10.0. The van der Waals surface area contributed by atoms with Crippen LogP contribution in [0.15, 0.2) is 42.7 Å². The maximum absolute atomic E-state index is 13.4. The number of rotatable bonds is 7. The predicted molar refractivity (Wildman–Crippen MR) is 105 cm³/mol. The Bertz CT molecular complexity index is 1040. The Kier molecular flexibility index (Phi) is 6.79. The second-order valence-corrected chi connectivity index (χ2v) is 6.84. The van der Waals surface area contributed by atoms with Gasteiger partial charge in [0.1, 0.15) is 11.6 Å². The second-order valence-electron chi connectivity index (χ2n) is 6.40. The fourth-order valence-electron chi connectivity index (χ4n) is 2.89. The number of nitrogens with zero attached hydrogens (tertiary/aromatic N) is 4. The number of ether oxygens (including phenoxy) is 2. The Morgan fingerprint density at radius 2 is 1.84 bits per heavy atom. The Balaban J connectivity index is 2.10. The van der Waals surface area contributed by atoms with Crippen LogP contribution in [0.2, 0.25) is 5.02 Å². The smallest absolute Gasteiger partial charge is 0.435 e. The second kappa shape index (κ2) is 9.34. The average molecular weight is 455 g/mol. The van der Waals surface area contributed by atoms with E-state index in [1.807, 2.05) is 0 Å². The summed E-state index contributed by atoms with van der Waals surface area (Å²) in [6.07, 6.45) is -2.20. The molecule has 0 amide bonds. The van der Waals surface area contributed by atoms with Gasteiger partial charge in [-0.2, -0.15) is 18.3 Å². The maximum atomic E-state index is 13.4. The fourth-order valence-corrected chi connectivity index (χ4v) is 2.99. The molecule has 31 heavy (non-hydrogen) atoms. The van der Waals surface area contributed by atoms with Crippen LogP contribution in [0.4, 0.5) is 13.2 Å². The van der Waals surface area contributed by atoms with E-state index in [1.54, 1.807) is 31.2 Å². The zero-order valence-corrected chi connectivity index (χ0v) is 17.3. The highest BCUT2D eigenvalue weighted by molar-refractivity contribution is 6.30. The molecule has 0 aliphatic carbocycles. The van der Waals surface area contributed by atoms with Gasteiger partial charge in [-0.05, 0) is 30.7 Å². The number of aromatic nitrogens is 4. The minimum Gasteiger partial charge on any atom is -0.497 e. The number of benzene rings is 1. The van der Waals surface area contributed by atoms with Gasteiger partial charge in [0.2, 0.25) is 0 Å². The normalized spacial score (nSPS) is 12.5.